The van der Waals surface area contributed by atoms with Gasteiger partial charge in [-0.2, -0.15) is 0 Å². The molecule has 5 atom stereocenters. The Morgan fingerprint density at radius 3 is 2.45 bits per heavy atom. The zero-order valence-corrected chi connectivity index (χ0v) is 18.7. The molecule has 0 aromatic heterocycles. The van der Waals surface area contributed by atoms with Crippen LogP contribution in [0.1, 0.15) is 42.7 Å². The van der Waals surface area contributed by atoms with Crippen molar-refractivity contribution in [2.45, 2.75) is 37.6 Å². The highest BCUT2D eigenvalue weighted by Crippen LogP contribution is 2.59. The van der Waals surface area contributed by atoms with Crippen molar-refractivity contribution >= 4 is 40.7 Å². The predicted molar refractivity (Wildman–Crippen MR) is 118 cm³/mol. The van der Waals surface area contributed by atoms with E-state index in [-0.39, 0.29) is 29.7 Å². The number of methoxy groups -OCH3 is 1. The van der Waals surface area contributed by atoms with Crippen molar-refractivity contribution in [1.82, 2.24) is 5.32 Å². The molecule has 4 rings (SSSR count). The van der Waals surface area contributed by atoms with Gasteiger partial charge >= 0.3 is 0 Å². The van der Waals surface area contributed by atoms with E-state index in [2.05, 4.69) is 24.4 Å². The van der Waals surface area contributed by atoms with Gasteiger partial charge in [-0.1, -0.05) is 53.0 Å². The molecule has 1 N–H and O–H groups in total. The minimum absolute atomic E-state index is 0.0344. The third-order valence-corrected chi connectivity index (χ3v) is 7.54. The lowest BCUT2D eigenvalue weighted by Gasteiger charge is -2.47. The maximum Gasteiger partial charge on any atom is 0.229 e. The summed E-state index contributed by atoms with van der Waals surface area (Å²) in [6.45, 7) is 2.51. The number of fused-ring (bicyclic) bond motifs is 1. The fourth-order valence-electron chi connectivity index (χ4n) is 5.62. The van der Waals surface area contributed by atoms with Crippen LogP contribution >= 0.6 is 34.8 Å². The van der Waals surface area contributed by atoms with E-state index in [1.165, 1.54) is 5.56 Å². The number of hydrogen-bond donors (Lipinski definition) is 1. The Bertz CT molecular complexity index is 917. The van der Waals surface area contributed by atoms with E-state index in [4.69, 9.17) is 39.5 Å². The molecule has 0 bridgehead atoms. The van der Waals surface area contributed by atoms with Gasteiger partial charge in [-0.15, -0.1) is 0 Å². The number of benzene rings is 2. The first kappa shape index (κ1) is 21.0. The number of nitrogens with one attached hydrogen (secondary N) is 1. The van der Waals surface area contributed by atoms with E-state index >= 15 is 0 Å². The van der Waals surface area contributed by atoms with Crippen molar-refractivity contribution < 1.29 is 9.53 Å². The standard InChI is InChI=1S/C23H24Cl3NO2/c1-13-21-20(14-3-5-15(24)6-4-14)18(17-8-7-16(25)11-19(17)26)9-10-23(21,12-29-2)22(28)27-13/h3-8,11,13,18,20-21H,9-10,12H2,1-2H3,(H,27,28)/t13-,18+,20+,21+,23+/m1/s1. The number of amides is 1. The van der Waals surface area contributed by atoms with Crippen LogP contribution in [0.25, 0.3) is 0 Å². The molecule has 154 valence electrons. The lowest BCUT2D eigenvalue weighted by Crippen LogP contribution is -2.47. The minimum Gasteiger partial charge on any atom is -0.384 e. The van der Waals surface area contributed by atoms with Crippen LogP contribution < -0.4 is 5.32 Å². The molecule has 0 unspecified atom stereocenters. The van der Waals surface area contributed by atoms with Gasteiger partial charge in [0.1, 0.15) is 0 Å². The monoisotopic (exact) mass is 451 g/mol. The molecule has 2 fully saturated rings. The number of carbonyl (C=O) groups excluding carboxylic acids is 1. The average Bonchev–Trinajstić information content (AvgIpc) is 2.93. The van der Waals surface area contributed by atoms with Crippen LogP contribution in [-0.2, 0) is 9.53 Å². The molecule has 0 spiro atoms. The molecule has 2 aliphatic rings. The summed E-state index contributed by atoms with van der Waals surface area (Å²) in [7, 11) is 1.67. The summed E-state index contributed by atoms with van der Waals surface area (Å²) >= 11 is 18.9. The molecule has 0 radical (unpaired) electrons. The zero-order valence-electron chi connectivity index (χ0n) is 16.4. The van der Waals surface area contributed by atoms with E-state index in [1.54, 1.807) is 13.2 Å². The molecule has 1 aliphatic carbocycles. The van der Waals surface area contributed by atoms with Gasteiger partial charge in [0.2, 0.25) is 5.91 Å². The summed E-state index contributed by atoms with van der Waals surface area (Å²) in [5.74, 6) is 0.452. The molecule has 1 amide bonds. The smallest absolute Gasteiger partial charge is 0.229 e. The summed E-state index contributed by atoms with van der Waals surface area (Å²) in [6.07, 6.45) is 1.60. The molecular formula is C23H24Cl3NO2. The average molecular weight is 453 g/mol. The van der Waals surface area contributed by atoms with Crippen LogP contribution in [0.15, 0.2) is 42.5 Å². The number of ether oxygens (including phenoxy) is 1. The van der Waals surface area contributed by atoms with Crippen LogP contribution in [0.5, 0.6) is 0 Å². The van der Waals surface area contributed by atoms with Gasteiger partial charge < -0.3 is 10.1 Å². The van der Waals surface area contributed by atoms with Crippen molar-refractivity contribution in [2.24, 2.45) is 11.3 Å². The van der Waals surface area contributed by atoms with Gasteiger partial charge in [-0.25, -0.2) is 0 Å². The second kappa shape index (κ2) is 8.11. The first-order valence-corrected chi connectivity index (χ1v) is 11.0. The van der Waals surface area contributed by atoms with Gasteiger partial charge in [0.05, 0.1) is 12.0 Å². The zero-order chi connectivity index (χ0) is 20.8. The predicted octanol–water partition coefficient (Wildman–Crippen LogP) is 6.08. The van der Waals surface area contributed by atoms with Crippen molar-refractivity contribution in [3.05, 3.63) is 68.7 Å². The van der Waals surface area contributed by atoms with E-state index in [9.17, 15) is 4.79 Å². The van der Waals surface area contributed by atoms with Gasteiger partial charge in [0, 0.05) is 34.1 Å². The molecule has 2 aromatic carbocycles. The largest absolute Gasteiger partial charge is 0.384 e. The SMILES string of the molecule is COC[C@@]12CC[C@@H](c3ccc(Cl)cc3Cl)[C@H](c3ccc(Cl)cc3)[C@@H]1[C@@H](C)NC2=O. The number of hydrogen-bond acceptors (Lipinski definition) is 2. The lowest BCUT2D eigenvalue weighted by molar-refractivity contribution is -0.135. The first-order chi connectivity index (χ1) is 13.9. The fraction of sp³-hybridized carbons (Fsp3) is 0.435. The number of carbonyl (C=O) groups is 1. The second-order valence-corrected chi connectivity index (χ2v) is 9.55. The van der Waals surface area contributed by atoms with Gasteiger partial charge in [0.15, 0.2) is 0 Å². The Labute approximate surface area is 186 Å². The quantitative estimate of drug-likeness (QED) is 0.611. The lowest BCUT2D eigenvalue weighted by atomic mass is 9.55. The maximum atomic E-state index is 13.1. The normalized spacial score (nSPS) is 31.4. The Balaban J connectivity index is 1.86. The van der Waals surface area contributed by atoms with Crippen LogP contribution in [0.2, 0.25) is 15.1 Å². The first-order valence-electron chi connectivity index (χ1n) is 9.87. The van der Waals surface area contributed by atoms with Crippen molar-refractivity contribution in [1.29, 1.82) is 0 Å². The summed E-state index contributed by atoms with van der Waals surface area (Å²) in [4.78, 5) is 13.1. The van der Waals surface area contributed by atoms with Crippen LogP contribution in [0.3, 0.4) is 0 Å². The Morgan fingerprint density at radius 2 is 1.79 bits per heavy atom. The maximum absolute atomic E-state index is 13.1. The van der Waals surface area contributed by atoms with Gasteiger partial charge in [-0.3, -0.25) is 4.79 Å². The van der Waals surface area contributed by atoms with Gasteiger partial charge in [0.25, 0.3) is 0 Å². The van der Waals surface area contributed by atoms with Crippen molar-refractivity contribution in [3.63, 3.8) is 0 Å². The molecule has 1 aliphatic heterocycles. The fourth-order valence-corrected chi connectivity index (χ4v) is 6.29. The number of rotatable bonds is 4. The van der Waals surface area contributed by atoms with E-state index in [0.717, 1.165) is 18.4 Å². The molecule has 29 heavy (non-hydrogen) atoms. The molecule has 1 saturated heterocycles. The highest BCUT2D eigenvalue weighted by molar-refractivity contribution is 6.35. The molecule has 2 aromatic rings. The number of halogens is 3. The second-order valence-electron chi connectivity index (χ2n) is 8.27. The van der Waals surface area contributed by atoms with E-state index in [1.807, 2.05) is 24.3 Å². The summed E-state index contributed by atoms with van der Waals surface area (Å²) in [5, 5.41) is 5.18. The van der Waals surface area contributed by atoms with Crippen LogP contribution in [0.4, 0.5) is 0 Å². The third-order valence-electron chi connectivity index (χ3n) is 6.73. The molecule has 1 saturated carbocycles. The molecule has 3 nitrogen and oxygen atoms in total. The highest BCUT2D eigenvalue weighted by atomic mass is 35.5. The molecule has 1 heterocycles. The Morgan fingerprint density at radius 1 is 1.10 bits per heavy atom. The summed E-state index contributed by atoms with van der Waals surface area (Å²) in [5.41, 5.74) is 1.71. The van der Waals surface area contributed by atoms with Crippen molar-refractivity contribution in [2.75, 3.05) is 13.7 Å². The topological polar surface area (TPSA) is 38.3 Å². The van der Waals surface area contributed by atoms with E-state index < -0.39 is 5.41 Å². The highest BCUT2D eigenvalue weighted by Gasteiger charge is 2.60. The van der Waals surface area contributed by atoms with E-state index in [0.29, 0.717) is 21.7 Å². The Kier molecular flexibility index (Phi) is 5.87. The van der Waals surface area contributed by atoms with Gasteiger partial charge in [-0.05, 0) is 67.0 Å². The van der Waals surface area contributed by atoms with Crippen LogP contribution in [-0.4, -0.2) is 25.7 Å². The van der Waals surface area contributed by atoms with Crippen molar-refractivity contribution in [3.8, 4) is 0 Å². The molecule has 6 heteroatoms. The van der Waals surface area contributed by atoms with Crippen LogP contribution in [0, 0.1) is 11.3 Å². The Hall–Kier alpha value is -1.26. The molecular weight excluding hydrogens is 429 g/mol. The summed E-state index contributed by atoms with van der Waals surface area (Å²) in [6, 6.07) is 13.7. The summed E-state index contributed by atoms with van der Waals surface area (Å²) < 4.78 is 5.56. The minimum atomic E-state index is -0.534. The third kappa shape index (κ3) is 3.57.